The van der Waals surface area contributed by atoms with Gasteiger partial charge in [-0.2, -0.15) is 0 Å². The zero-order chi connectivity index (χ0) is 40.3. The number of nitrogens with zero attached hydrogens (tertiary/aromatic N) is 4. The van der Waals surface area contributed by atoms with Crippen LogP contribution in [0, 0.1) is 51.9 Å². The van der Waals surface area contributed by atoms with E-state index in [0.29, 0.717) is 25.7 Å². The van der Waals surface area contributed by atoms with E-state index in [1.54, 1.807) is 24.8 Å². The monoisotopic (exact) mass is 824 g/mol. The SMILES string of the molecule is Brc1cccnc1.C.C#Cc1cccc(C2=Nc3cc(C)c(C)cc3CC(=O)C2)c1.Cc1cc2c(cc1C)N=C(c1cccc(C#Cc3cccnc3)c1)CC(=O)C2. The number of hydrogen-bond donors (Lipinski definition) is 0. The second-order valence-corrected chi connectivity index (χ2v) is 14.9. The summed E-state index contributed by atoms with van der Waals surface area (Å²) in [7, 11) is 0. The molecule has 2 aliphatic rings. The number of terminal acetylenes is 1. The maximum absolute atomic E-state index is 12.5. The second-order valence-electron chi connectivity index (χ2n) is 14.0. The van der Waals surface area contributed by atoms with Gasteiger partial charge in [0.15, 0.2) is 0 Å². The van der Waals surface area contributed by atoms with Crippen molar-refractivity contribution in [3.8, 4) is 24.2 Å². The third-order valence-electron chi connectivity index (χ3n) is 9.60. The van der Waals surface area contributed by atoms with E-state index in [4.69, 9.17) is 16.4 Å². The van der Waals surface area contributed by atoms with Crippen LogP contribution in [-0.4, -0.2) is 33.0 Å². The van der Waals surface area contributed by atoms with Gasteiger partial charge in [-0.3, -0.25) is 29.5 Å². The lowest BCUT2D eigenvalue weighted by Gasteiger charge is -2.07. The van der Waals surface area contributed by atoms with Crippen molar-refractivity contribution in [1.29, 1.82) is 0 Å². The number of hydrogen-bond acceptors (Lipinski definition) is 6. The summed E-state index contributed by atoms with van der Waals surface area (Å²) < 4.78 is 1.02. The lowest BCUT2D eigenvalue weighted by molar-refractivity contribution is -0.118. The summed E-state index contributed by atoms with van der Waals surface area (Å²) in [6.45, 7) is 8.27. The minimum atomic E-state index is 0. The highest BCUT2D eigenvalue weighted by molar-refractivity contribution is 9.10. The summed E-state index contributed by atoms with van der Waals surface area (Å²) in [5, 5.41) is 0. The van der Waals surface area contributed by atoms with Gasteiger partial charge >= 0.3 is 0 Å². The Kier molecular flexibility index (Phi) is 14.7. The summed E-state index contributed by atoms with van der Waals surface area (Å²) in [5.74, 6) is 9.30. The molecule has 0 unspecified atom stereocenters. The quantitative estimate of drug-likeness (QED) is 0.163. The fraction of sp³-hybridized carbons (Fsp3) is 0.176. The van der Waals surface area contributed by atoms with Crippen LogP contribution in [0.25, 0.3) is 0 Å². The molecule has 58 heavy (non-hydrogen) atoms. The van der Waals surface area contributed by atoms with Gasteiger partial charge in [0.05, 0.1) is 22.8 Å². The topological polar surface area (TPSA) is 84.6 Å². The minimum absolute atomic E-state index is 0. The van der Waals surface area contributed by atoms with Crippen LogP contribution < -0.4 is 0 Å². The molecule has 0 saturated carbocycles. The van der Waals surface area contributed by atoms with Crippen LogP contribution in [0.1, 0.15) is 81.5 Å². The van der Waals surface area contributed by atoms with Crippen LogP contribution in [0.2, 0.25) is 0 Å². The third kappa shape index (κ3) is 11.5. The Bertz CT molecular complexity index is 2630. The molecule has 0 atom stereocenters. The number of rotatable bonds is 2. The fourth-order valence-corrected chi connectivity index (χ4v) is 6.60. The van der Waals surface area contributed by atoms with Gasteiger partial charge in [-0.05, 0) is 149 Å². The van der Waals surface area contributed by atoms with Gasteiger partial charge in [0.2, 0.25) is 0 Å². The summed E-state index contributed by atoms with van der Waals surface area (Å²) in [4.78, 5) is 42.3. The van der Waals surface area contributed by atoms with Crippen LogP contribution >= 0.6 is 15.9 Å². The predicted octanol–water partition coefficient (Wildman–Crippen LogP) is 11.1. The van der Waals surface area contributed by atoms with Crippen LogP contribution in [0.3, 0.4) is 0 Å². The Labute approximate surface area is 350 Å². The standard InChI is InChI=1S/C25H20N2O.C20H17NO.C5H4BrN.CH4/c1-17-11-22-14-23(28)15-25(27-24(22)12-18(17)2)21-7-3-5-19(13-21)8-9-20-6-4-10-26-16-20;1-4-15-6-5-7-16(10-15)20-12-18(22)11-17-8-13(2)14(3)9-19(17)21-20;6-5-2-1-3-7-4-5;/h3-7,10-13,16H,14-15H2,1-2H3;1,5-10H,11-12H2,2-3H3;1-4H;1H4. The largest absolute Gasteiger partial charge is 0.299 e. The molecule has 2 aliphatic heterocycles. The van der Waals surface area contributed by atoms with Crippen molar-refractivity contribution < 1.29 is 9.59 Å². The van der Waals surface area contributed by atoms with Gasteiger partial charge in [0.1, 0.15) is 11.6 Å². The molecular weight excluding hydrogens is 780 g/mol. The molecule has 0 amide bonds. The van der Waals surface area contributed by atoms with Gasteiger partial charge in [0.25, 0.3) is 0 Å². The summed E-state index contributed by atoms with van der Waals surface area (Å²) in [6, 6.07) is 31.5. The minimum Gasteiger partial charge on any atom is -0.299 e. The normalized spacial score (nSPS) is 12.6. The van der Waals surface area contributed by atoms with E-state index < -0.39 is 0 Å². The molecule has 0 saturated heterocycles. The number of pyridine rings is 2. The Morgan fingerprint density at radius 3 is 1.48 bits per heavy atom. The first kappa shape index (κ1) is 42.6. The molecular formula is C51H45BrN4O2. The Hall–Kier alpha value is -6.54. The van der Waals surface area contributed by atoms with Gasteiger partial charge in [0, 0.05) is 71.6 Å². The second kappa shape index (κ2) is 20.1. The molecule has 0 aliphatic carbocycles. The maximum atomic E-state index is 12.5. The molecule has 6 nitrogen and oxygen atoms in total. The number of carbonyl (C=O) groups excluding carboxylic acids is 2. The van der Waals surface area contributed by atoms with E-state index in [1.807, 2.05) is 72.8 Å². The van der Waals surface area contributed by atoms with Gasteiger partial charge in [-0.25, -0.2) is 0 Å². The Morgan fingerprint density at radius 1 is 0.552 bits per heavy atom. The number of halogens is 1. The molecule has 8 rings (SSSR count). The summed E-state index contributed by atoms with van der Waals surface area (Å²) in [6.07, 6.45) is 14.0. The van der Waals surface area contributed by atoms with Crippen molar-refractivity contribution >= 4 is 50.3 Å². The number of benzene rings is 4. The summed E-state index contributed by atoms with van der Waals surface area (Å²) in [5.41, 5.74) is 14.6. The van der Waals surface area contributed by atoms with Crippen LogP contribution in [-0.2, 0) is 22.4 Å². The zero-order valence-corrected chi connectivity index (χ0v) is 34.0. The fourth-order valence-electron chi connectivity index (χ4n) is 6.33. The van der Waals surface area contributed by atoms with E-state index in [1.165, 1.54) is 22.3 Å². The van der Waals surface area contributed by atoms with E-state index in [9.17, 15) is 9.59 Å². The number of carbonyl (C=O) groups is 2. The lowest BCUT2D eigenvalue weighted by atomic mass is 9.99. The predicted molar refractivity (Wildman–Crippen MR) is 241 cm³/mol. The molecule has 0 N–H and O–H groups in total. The van der Waals surface area contributed by atoms with Crippen molar-refractivity contribution in [3.05, 3.63) is 188 Å². The summed E-state index contributed by atoms with van der Waals surface area (Å²) >= 11 is 3.25. The van der Waals surface area contributed by atoms with Crippen molar-refractivity contribution in [2.45, 2.75) is 60.8 Å². The Morgan fingerprint density at radius 2 is 1.02 bits per heavy atom. The first-order valence-corrected chi connectivity index (χ1v) is 19.4. The smallest absolute Gasteiger partial charge is 0.143 e. The average Bonchev–Trinajstić information content (AvgIpc) is 3.48. The molecule has 288 valence electrons. The maximum Gasteiger partial charge on any atom is 0.143 e. The molecule has 0 fully saturated rings. The third-order valence-corrected chi connectivity index (χ3v) is 10.1. The highest BCUT2D eigenvalue weighted by Gasteiger charge is 2.20. The van der Waals surface area contributed by atoms with E-state index >= 15 is 0 Å². The van der Waals surface area contributed by atoms with Crippen LogP contribution in [0.4, 0.5) is 11.4 Å². The highest BCUT2D eigenvalue weighted by Crippen LogP contribution is 2.30. The van der Waals surface area contributed by atoms with Crippen molar-refractivity contribution in [2.75, 3.05) is 0 Å². The number of ketones is 2. The highest BCUT2D eigenvalue weighted by atomic mass is 79.9. The van der Waals surface area contributed by atoms with Gasteiger partial charge in [-0.1, -0.05) is 61.6 Å². The first-order chi connectivity index (χ1) is 27.5. The van der Waals surface area contributed by atoms with E-state index in [0.717, 1.165) is 66.2 Å². The Balaban J connectivity index is 0.000000190. The number of aliphatic imine (C=N–C) groups is 2. The van der Waals surface area contributed by atoms with Gasteiger partial charge < -0.3 is 0 Å². The molecule has 0 bridgehead atoms. The van der Waals surface area contributed by atoms with Crippen molar-refractivity contribution in [1.82, 2.24) is 9.97 Å². The van der Waals surface area contributed by atoms with Crippen molar-refractivity contribution in [2.24, 2.45) is 9.98 Å². The number of fused-ring (bicyclic) bond motifs is 2. The van der Waals surface area contributed by atoms with Crippen LogP contribution in [0.5, 0.6) is 0 Å². The molecule has 0 spiro atoms. The number of aromatic nitrogens is 2. The van der Waals surface area contributed by atoms with Gasteiger partial charge in [-0.15, -0.1) is 6.42 Å². The van der Waals surface area contributed by atoms with Crippen LogP contribution in [0.15, 0.2) is 136 Å². The lowest BCUT2D eigenvalue weighted by Crippen LogP contribution is -2.09. The molecule has 4 heterocycles. The van der Waals surface area contributed by atoms with E-state index in [-0.39, 0.29) is 19.0 Å². The first-order valence-electron chi connectivity index (χ1n) is 18.6. The van der Waals surface area contributed by atoms with E-state index in [2.05, 4.69) is 95.6 Å². The average molecular weight is 826 g/mol. The number of Topliss-reactive ketones (excluding diaryl/α,β-unsaturated/α-hetero) is 2. The zero-order valence-electron chi connectivity index (χ0n) is 32.4. The number of aryl methyl sites for hydroxylation is 4. The molecule has 4 aromatic carbocycles. The van der Waals surface area contributed by atoms with Crippen molar-refractivity contribution in [3.63, 3.8) is 0 Å². The molecule has 7 heteroatoms. The molecule has 2 aromatic heterocycles. The molecule has 6 aromatic rings. The molecule has 0 radical (unpaired) electrons.